The maximum atomic E-state index is 13.2. The molecule has 1 N–H and O–H groups in total. The first-order chi connectivity index (χ1) is 8.67. The Morgan fingerprint density at radius 3 is 2.83 bits per heavy atom. The van der Waals surface area contributed by atoms with Crippen molar-refractivity contribution >= 4 is 11.6 Å². The van der Waals surface area contributed by atoms with Crippen molar-refractivity contribution in [2.75, 3.05) is 20.3 Å². The predicted octanol–water partition coefficient (Wildman–Crippen LogP) is 3.43. The van der Waals surface area contributed by atoms with Gasteiger partial charge in [-0.25, -0.2) is 4.39 Å². The lowest BCUT2D eigenvalue weighted by Gasteiger charge is -2.17. The van der Waals surface area contributed by atoms with Crippen LogP contribution >= 0.6 is 11.6 Å². The van der Waals surface area contributed by atoms with Gasteiger partial charge >= 0.3 is 0 Å². The number of rotatable bonds is 8. The first-order valence-corrected chi connectivity index (χ1v) is 6.74. The molecular formula is C14H21ClFNO. The number of nitrogens with one attached hydrogen (secondary N) is 1. The first kappa shape index (κ1) is 15.4. The van der Waals surface area contributed by atoms with E-state index < -0.39 is 0 Å². The second kappa shape index (κ2) is 8.46. The highest BCUT2D eigenvalue weighted by atomic mass is 35.5. The molecule has 0 aliphatic carbocycles. The maximum absolute atomic E-state index is 13.2. The van der Waals surface area contributed by atoms with Crippen LogP contribution in [0.4, 0.5) is 4.39 Å². The molecule has 1 rings (SSSR count). The van der Waals surface area contributed by atoms with E-state index in [1.54, 1.807) is 6.07 Å². The van der Waals surface area contributed by atoms with Gasteiger partial charge in [-0.05, 0) is 50.1 Å². The standard InChI is InChI=1S/C14H21ClFNO/c1-3-7-18-8-6-13(17-2)10-11-9-12(16)4-5-14(11)15/h4-5,9,13,17H,3,6-8,10H2,1-2H3. The topological polar surface area (TPSA) is 21.3 Å². The van der Waals surface area contributed by atoms with Gasteiger partial charge in [0.05, 0.1) is 0 Å². The second-order valence-electron chi connectivity index (χ2n) is 4.33. The fourth-order valence-electron chi connectivity index (χ4n) is 1.79. The quantitative estimate of drug-likeness (QED) is 0.733. The zero-order chi connectivity index (χ0) is 13.4. The average molecular weight is 274 g/mol. The molecule has 0 aliphatic rings. The van der Waals surface area contributed by atoms with Crippen LogP contribution in [-0.2, 0) is 11.2 Å². The SMILES string of the molecule is CCCOCCC(Cc1cc(F)ccc1Cl)NC. The number of ether oxygens (including phenoxy) is 1. The fourth-order valence-corrected chi connectivity index (χ4v) is 1.98. The zero-order valence-corrected chi connectivity index (χ0v) is 11.8. The van der Waals surface area contributed by atoms with Crippen LogP contribution in [0.3, 0.4) is 0 Å². The highest BCUT2D eigenvalue weighted by molar-refractivity contribution is 6.31. The number of benzene rings is 1. The number of hydrogen-bond acceptors (Lipinski definition) is 2. The van der Waals surface area contributed by atoms with Gasteiger partial charge in [0.2, 0.25) is 0 Å². The van der Waals surface area contributed by atoms with Crippen LogP contribution in [0.25, 0.3) is 0 Å². The van der Waals surface area contributed by atoms with Crippen LogP contribution in [0.15, 0.2) is 18.2 Å². The van der Waals surface area contributed by atoms with Crippen LogP contribution in [0.5, 0.6) is 0 Å². The molecule has 2 nitrogen and oxygen atoms in total. The van der Waals surface area contributed by atoms with Gasteiger partial charge < -0.3 is 10.1 Å². The van der Waals surface area contributed by atoms with Crippen molar-refractivity contribution in [1.82, 2.24) is 5.32 Å². The highest BCUT2D eigenvalue weighted by Crippen LogP contribution is 2.19. The smallest absolute Gasteiger partial charge is 0.123 e. The van der Waals surface area contributed by atoms with E-state index in [0.29, 0.717) is 18.1 Å². The number of likely N-dealkylation sites (N-methyl/N-ethyl adjacent to an activating group) is 1. The van der Waals surface area contributed by atoms with E-state index in [1.165, 1.54) is 12.1 Å². The minimum Gasteiger partial charge on any atom is -0.381 e. The molecule has 1 unspecified atom stereocenters. The molecule has 0 bridgehead atoms. The van der Waals surface area contributed by atoms with Gasteiger partial charge in [0.25, 0.3) is 0 Å². The minimum absolute atomic E-state index is 0.244. The molecule has 0 aromatic heterocycles. The summed E-state index contributed by atoms with van der Waals surface area (Å²) in [6.07, 6.45) is 2.63. The van der Waals surface area contributed by atoms with Gasteiger partial charge in [-0.15, -0.1) is 0 Å². The molecule has 1 atom stereocenters. The third kappa shape index (κ3) is 5.34. The van der Waals surface area contributed by atoms with Crippen LogP contribution in [0.2, 0.25) is 5.02 Å². The van der Waals surface area contributed by atoms with Crippen molar-refractivity contribution in [3.63, 3.8) is 0 Å². The Morgan fingerprint density at radius 1 is 1.39 bits per heavy atom. The molecule has 0 aliphatic heterocycles. The van der Waals surface area contributed by atoms with Gasteiger partial charge in [-0.3, -0.25) is 0 Å². The van der Waals surface area contributed by atoms with E-state index in [0.717, 1.165) is 25.0 Å². The maximum Gasteiger partial charge on any atom is 0.123 e. The largest absolute Gasteiger partial charge is 0.381 e. The third-order valence-corrected chi connectivity index (χ3v) is 3.21. The van der Waals surface area contributed by atoms with Crippen LogP contribution < -0.4 is 5.32 Å². The molecule has 0 saturated heterocycles. The van der Waals surface area contributed by atoms with Crippen molar-refractivity contribution in [3.8, 4) is 0 Å². The van der Waals surface area contributed by atoms with Crippen molar-refractivity contribution in [3.05, 3.63) is 34.6 Å². The Labute approximate surface area is 113 Å². The van der Waals surface area contributed by atoms with Crippen molar-refractivity contribution in [2.24, 2.45) is 0 Å². The number of hydrogen-bond donors (Lipinski definition) is 1. The van der Waals surface area contributed by atoms with E-state index in [2.05, 4.69) is 12.2 Å². The van der Waals surface area contributed by atoms with Crippen LogP contribution in [-0.4, -0.2) is 26.3 Å². The molecule has 0 saturated carbocycles. The summed E-state index contributed by atoms with van der Waals surface area (Å²) in [4.78, 5) is 0. The van der Waals surface area contributed by atoms with Gasteiger partial charge in [-0.2, -0.15) is 0 Å². The van der Waals surface area contributed by atoms with Crippen LogP contribution in [0.1, 0.15) is 25.3 Å². The molecule has 1 aromatic rings. The fraction of sp³-hybridized carbons (Fsp3) is 0.571. The van der Waals surface area contributed by atoms with E-state index in [9.17, 15) is 4.39 Å². The summed E-state index contributed by atoms with van der Waals surface area (Å²) in [6.45, 7) is 3.59. The zero-order valence-electron chi connectivity index (χ0n) is 11.0. The summed E-state index contributed by atoms with van der Waals surface area (Å²) in [5.41, 5.74) is 0.839. The van der Waals surface area contributed by atoms with E-state index in [-0.39, 0.29) is 11.9 Å². The average Bonchev–Trinajstić information content (AvgIpc) is 2.37. The summed E-state index contributed by atoms with van der Waals surface area (Å²) >= 11 is 6.06. The lowest BCUT2D eigenvalue weighted by atomic mass is 10.0. The summed E-state index contributed by atoms with van der Waals surface area (Å²) in [7, 11) is 1.90. The van der Waals surface area contributed by atoms with Gasteiger partial charge in [0.1, 0.15) is 5.82 Å². The predicted molar refractivity (Wildman–Crippen MR) is 73.7 cm³/mol. The molecule has 0 amide bonds. The first-order valence-electron chi connectivity index (χ1n) is 6.36. The molecule has 18 heavy (non-hydrogen) atoms. The summed E-state index contributed by atoms with van der Waals surface area (Å²) in [5.74, 6) is -0.244. The normalized spacial score (nSPS) is 12.7. The van der Waals surface area contributed by atoms with Gasteiger partial charge in [-0.1, -0.05) is 18.5 Å². The van der Waals surface area contributed by atoms with E-state index >= 15 is 0 Å². The Hall–Kier alpha value is -0.640. The van der Waals surface area contributed by atoms with Gasteiger partial charge in [0.15, 0.2) is 0 Å². The minimum atomic E-state index is -0.244. The van der Waals surface area contributed by atoms with Crippen LogP contribution in [0, 0.1) is 5.82 Å². The molecule has 0 heterocycles. The van der Waals surface area contributed by atoms with Gasteiger partial charge in [0, 0.05) is 24.3 Å². The summed E-state index contributed by atoms with van der Waals surface area (Å²) < 4.78 is 18.6. The van der Waals surface area contributed by atoms with E-state index in [1.807, 2.05) is 7.05 Å². The highest BCUT2D eigenvalue weighted by Gasteiger charge is 2.10. The molecule has 4 heteroatoms. The molecule has 0 radical (unpaired) electrons. The summed E-state index contributed by atoms with van der Waals surface area (Å²) in [5, 5.41) is 3.83. The van der Waals surface area contributed by atoms with Crippen molar-refractivity contribution in [2.45, 2.75) is 32.2 Å². The second-order valence-corrected chi connectivity index (χ2v) is 4.73. The molecule has 1 aromatic carbocycles. The Morgan fingerprint density at radius 2 is 2.17 bits per heavy atom. The van der Waals surface area contributed by atoms with E-state index in [4.69, 9.17) is 16.3 Å². The van der Waals surface area contributed by atoms with Crippen molar-refractivity contribution in [1.29, 1.82) is 0 Å². The Bertz CT molecular complexity index is 360. The summed E-state index contributed by atoms with van der Waals surface area (Å²) in [6, 6.07) is 4.73. The number of halogens is 2. The molecule has 102 valence electrons. The lowest BCUT2D eigenvalue weighted by molar-refractivity contribution is 0.125. The lowest BCUT2D eigenvalue weighted by Crippen LogP contribution is -2.29. The molecule has 0 fully saturated rings. The Balaban J connectivity index is 2.48. The molecule has 0 spiro atoms. The Kier molecular flexibility index (Phi) is 7.25. The van der Waals surface area contributed by atoms with Crippen molar-refractivity contribution < 1.29 is 9.13 Å². The monoisotopic (exact) mass is 273 g/mol. The third-order valence-electron chi connectivity index (χ3n) is 2.84. The molecular weight excluding hydrogens is 253 g/mol.